The highest BCUT2D eigenvalue weighted by Crippen LogP contribution is 2.12. The molecule has 0 saturated heterocycles. The summed E-state index contributed by atoms with van der Waals surface area (Å²) in [6.45, 7) is 0. The molecule has 66 valence electrons. The number of aromatic carboxylic acids is 1. The SMILES string of the molecule is Nn1ccc2cc(C(=O)O)cnc21. The van der Waals surface area contributed by atoms with Crippen LogP contribution >= 0.6 is 0 Å². The molecular weight excluding hydrogens is 170 g/mol. The van der Waals surface area contributed by atoms with Crippen LogP contribution in [-0.2, 0) is 0 Å². The summed E-state index contributed by atoms with van der Waals surface area (Å²) < 4.78 is 1.35. The Labute approximate surface area is 73.4 Å². The number of carbonyl (C=O) groups is 1. The van der Waals surface area contributed by atoms with E-state index in [0.717, 1.165) is 5.39 Å². The first-order chi connectivity index (χ1) is 6.18. The third-order valence-electron chi connectivity index (χ3n) is 1.80. The summed E-state index contributed by atoms with van der Waals surface area (Å²) in [4.78, 5) is 14.5. The van der Waals surface area contributed by atoms with E-state index < -0.39 is 5.97 Å². The second-order valence-electron chi connectivity index (χ2n) is 2.66. The Morgan fingerprint density at radius 2 is 2.38 bits per heavy atom. The van der Waals surface area contributed by atoms with Gasteiger partial charge in [-0.3, -0.25) is 4.68 Å². The van der Waals surface area contributed by atoms with Crippen LogP contribution in [0.5, 0.6) is 0 Å². The molecule has 0 unspecified atom stereocenters. The molecule has 0 aliphatic carbocycles. The monoisotopic (exact) mass is 177 g/mol. The lowest BCUT2D eigenvalue weighted by molar-refractivity contribution is 0.0696. The summed E-state index contributed by atoms with van der Waals surface area (Å²) in [5, 5.41) is 9.40. The summed E-state index contributed by atoms with van der Waals surface area (Å²) in [5.74, 6) is 4.52. The van der Waals surface area contributed by atoms with E-state index in [9.17, 15) is 4.79 Å². The van der Waals surface area contributed by atoms with Crippen LogP contribution in [0.25, 0.3) is 11.0 Å². The molecule has 0 bridgehead atoms. The number of rotatable bonds is 1. The molecular formula is C8H7N3O2. The number of nitrogens with two attached hydrogens (primary N) is 1. The second kappa shape index (κ2) is 2.48. The van der Waals surface area contributed by atoms with Crippen molar-refractivity contribution >= 4 is 17.0 Å². The number of carboxylic acid groups (broad SMARTS) is 1. The van der Waals surface area contributed by atoms with Crippen molar-refractivity contribution in [3.05, 3.63) is 30.1 Å². The quantitative estimate of drug-likeness (QED) is 0.619. The second-order valence-corrected chi connectivity index (χ2v) is 2.66. The zero-order valence-electron chi connectivity index (χ0n) is 6.64. The normalized spacial score (nSPS) is 10.5. The minimum Gasteiger partial charge on any atom is -0.478 e. The minimum atomic E-state index is -0.987. The lowest BCUT2D eigenvalue weighted by atomic mass is 10.2. The van der Waals surface area contributed by atoms with Gasteiger partial charge in [0.25, 0.3) is 0 Å². The van der Waals surface area contributed by atoms with E-state index in [4.69, 9.17) is 10.9 Å². The number of nitrogens with zero attached hydrogens (tertiary/aromatic N) is 2. The van der Waals surface area contributed by atoms with Crippen molar-refractivity contribution < 1.29 is 9.90 Å². The number of pyridine rings is 1. The third-order valence-corrected chi connectivity index (χ3v) is 1.80. The summed E-state index contributed by atoms with van der Waals surface area (Å²) >= 11 is 0. The van der Waals surface area contributed by atoms with Crippen molar-refractivity contribution in [1.82, 2.24) is 9.66 Å². The summed E-state index contributed by atoms with van der Waals surface area (Å²) in [6, 6.07) is 3.25. The minimum absolute atomic E-state index is 0.165. The molecule has 0 radical (unpaired) electrons. The van der Waals surface area contributed by atoms with Gasteiger partial charge < -0.3 is 10.9 Å². The van der Waals surface area contributed by atoms with Gasteiger partial charge in [-0.05, 0) is 12.1 Å². The van der Waals surface area contributed by atoms with Crippen LogP contribution in [0.3, 0.4) is 0 Å². The molecule has 2 aromatic heterocycles. The van der Waals surface area contributed by atoms with Crippen LogP contribution in [0.15, 0.2) is 24.5 Å². The maximum absolute atomic E-state index is 10.6. The van der Waals surface area contributed by atoms with Crippen molar-refractivity contribution in [2.24, 2.45) is 0 Å². The van der Waals surface area contributed by atoms with E-state index in [1.165, 1.54) is 16.9 Å². The van der Waals surface area contributed by atoms with E-state index in [1.807, 2.05) is 0 Å². The van der Waals surface area contributed by atoms with Crippen LogP contribution in [0.1, 0.15) is 10.4 Å². The van der Waals surface area contributed by atoms with Gasteiger partial charge in [0, 0.05) is 17.8 Å². The van der Waals surface area contributed by atoms with Crippen LogP contribution in [0, 0.1) is 0 Å². The Balaban J connectivity index is 2.70. The number of nitrogen functional groups attached to an aromatic ring is 1. The van der Waals surface area contributed by atoms with Gasteiger partial charge in [-0.2, -0.15) is 0 Å². The molecule has 5 heteroatoms. The Bertz CT molecular complexity index is 475. The van der Waals surface area contributed by atoms with E-state index >= 15 is 0 Å². The fourth-order valence-corrected chi connectivity index (χ4v) is 1.16. The zero-order valence-corrected chi connectivity index (χ0v) is 6.64. The van der Waals surface area contributed by atoms with Crippen molar-refractivity contribution in [2.75, 3.05) is 5.84 Å². The molecule has 2 heterocycles. The Morgan fingerprint density at radius 1 is 1.62 bits per heavy atom. The molecule has 2 rings (SSSR count). The molecule has 0 fully saturated rings. The lowest BCUT2D eigenvalue weighted by Gasteiger charge is -1.96. The maximum Gasteiger partial charge on any atom is 0.337 e. The number of fused-ring (bicyclic) bond motifs is 1. The molecule has 2 aromatic rings. The first-order valence-electron chi connectivity index (χ1n) is 3.64. The molecule has 0 aliphatic heterocycles. The van der Waals surface area contributed by atoms with Crippen molar-refractivity contribution in [3.63, 3.8) is 0 Å². The molecule has 0 spiro atoms. The van der Waals surface area contributed by atoms with Gasteiger partial charge in [0.2, 0.25) is 0 Å². The standard InChI is InChI=1S/C8H7N3O2/c9-11-2-1-5-3-6(8(12)13)4-10-7(5)11/h1-4H,9H2,(H,12,13). The third kappa shape index (κ3) is 1.10. The smallest absolute Gasteiger partial charge is 0.337 e. The molecule has 0 aromatic carbocycles. The number of hydrogen-bond donors (Lipinski definition) is 2. The molecule has 0 saturated carbocycles. The predicted octanol–water partition coefficient (Wildman–Crippen LogP) is 0.448. The van der Waals surface area contributed by atoms with Gasteiger partial charge in [0.05, 0.1) is 5.56 Å². The van der Waals surface area contributed by atoms with Crippen molar-refractivity contribution in [2.45, 2.75) is 0 Å². The van der Waals surface area contributed by atoms with Crippen LogP contribution in [0.4, 0.5) is 0 Å². The highest BCUT2D eigenvalue weighted by molar-refractivity contribution is 5.91. The number of hydrogen-bond acceptors (Lipinski definition) is 3. The first kappa shape index (κ1) is 7.60. The number of carboxylic acids is 1. The van der Waals surface area contributed by atoms with Crippen LogP contribution < -0.4 is 5.84 Å². The summed E-state index contributed by atoms with van der Waals surface area (Å²) in [5.41, 5.74) is 0.740. The summed E-state index contributed by atoms with van der Waals surface area (Å²) in [6.07, 6.45) is 2.91. The Morgan fingerprint density at radius 3 is 3.08 bits per heavy atom. The van der Waals surface area contributed by atoms with E-state index in [-0.39, 0.29) is 5.56 Å². The Hall–Kier alpha value is -2.04. The summed E-state index contributed by atoms with van der Waals surface area (Å²) in [7, 11) is 0. The highest BCUT2D eigenvalue weighted by atomic mass is 16.4. The fraction of sp³-hybridized carbons (Fsp3) is 0. The largest absolute Gasteiger partial charge is 0.478 e. The number of aromatic nitrogens is 2. The van der Waals surface area contributed by atoms with Crippen molar-refractivity contribution in [3.8, 4) is 0 Å². The first-order valence-corrected chi connectivity index (χ1v) is 3.64. The zero-order chi connectivity index (χ0) is 9.42. The van der Waals surface area contributed by atoms with E-state index in [2.05, 4.69) is 4.98 Å². The van der Waals surface area contributed by atoms with Crippen LogP contribution in [-0.4, -0.2) is 20.7 Å². The van der Waals surface area contributed by atoms with E-state index in [1.54, 1.807) is 12.3 Å². The molecule has 13 heavy (non-hydrogen) atoms. The molecule has 5 nitrogen and oxygen atoms in total. The highest BCUT2D eigenvalue weighted by Gasteiger charge is 2.06. The van der Waals surface area contributed by atoms with Crippen molar-refractivity contribution in [1.29, 1.82) is 0 Å². The van der Waals surface area contributed by atoms with Gasteiger partial charge in [0.1, 0.15) is 0 Å². The van der Waals surface area contributed by atoms with Gasteiger partial charge in [-0.25, -0.2) is 9.78 Å². The molecule has 0 aliphatic rings. The van der Waals surface area contributed by atoms with Gasteiger partial charge in [0.15, 0.2) is 5.65 Å². The Kier molecular flexibility index (Phi) is 1.45. The van der Waals surface area contributed by atoms with Crippen LogP contribution in [0.2, 0.25) is 0 Å². The van der Waals surface area contributed by atoms with Gasteiger partial charge in [-0.15, -0.1) is 0 Å². The van der Waals surface area contributed by atoms with Gasteiger partial charge >= 0.3 is 5.97 Å². The molecule has 0 atom stereocenters. The average molecular weight is 177 g/mol. The molecule has 0 amide bonds. The van der Waals surface area contributed by atoms with Gasteiger partial charge in [-0.1, -0.05) is 0 Å². The average Bonchev–Trinajstić information content (AvgIpc) is 2.47. The van der Waals surface area contributed by atoms with E-state index in [0.29, 0.717) is 5.65 Å². The fourth-order valence-electron chi connectivity index (χ4n) is 1.16. The topological polar surface area (TPSA) is 81.1 Å². The molecule has 3 N–H and O–H groups in total. The predicted molar refractivity (Wildman–Crippen MR) is 46.8 cm³/mol. The maximum atomic E-state index is 10.6. The lowest BCUT2D eigenvalue weighted by Crippen LogP contribution is -2.06.